The summed E-state index contributed by atoms with van der Waals surface area (Å²) in [5, 5.41) is 30.8. The summed E-state index contributed by atoms with van der Waals surface area (Å²) < 4.78 is 114. The van der Waals surface area contributed by atoms with Crippen molar-refractivity contribution < 1.29 is 87.7 Å². The van der Waals surface area contributed by atoms with Crippen molar-refractivity contribution in [3.8, 4) is 5.75 Å². The lowest BCUT2D eigenvalue weighted by molar-refractivity contribution is -0.193. The van der Waals surface area contributed by atoms with Gasteiger partial charge in [0.1, 0.15) is 10.7 Å². The largest absolute Gasteiger partial charge is 0.490 e. The molecule has 1 saturated heterocycles. The fourth-order valence-corrected chi connectivity index (χ4v) is 5.58. The summed E-state index contributed by atoms with van der Waals surface area (Å²) in [6, 6.07) is 6.08. The predicted octanol–water partition coefficient (Wildman–Crippen LogP) is 3.17. The number of hydrogen-bond donors (Lipinski definition) is 6. The maximum Gasteiger partial charge on any atom is 0.490 e. The van der Waals surface area contributed by atoms with Crippen LogP contribution < -0.4 is 10.5 Å². The van der Waals surface area contributed by atoms with Gasteiger partial charge in [-0.1, -0.05) is 0 Å². The first-order chi connectivity index (χ1) is 22.7. The van der Waals surface area contributed by atoms with Crippen LogP contribution in [-0.2, 0) is 35.8 Å². The van der Waals surface area contributed by atoms with Crippen molar-refractivity contribution in [2.24, 2.45) is 11.7 Å². The van der Waals surface area contributed by atoms with E-state index >= 15 is 0 Å². The molecule has 0 unspecified atom stereocenters. The quantitative estimate of drug-likeness (QED) is 0.0479. The van der Waals surface area contributed by atoms with Gasteiger partial charge in [-0.15, -0.1) is 11.3 Å². The van der Waals surface area contributed by atoms with E-state index < -0.39 is 82.1 Å². The minimum atomic E-state index is -5.08. The fourth-order valence-electron chi connectivity index (χ4n) is 3.90. The number of benzene rings is 1. The number of carboxylic acids is 3. The molecule has 1 aliphatic heterocycles. The first-order valence-corrected chi connectivity index (χ1v) is 15.6. The molecule has 7 N–H and O–H groups in total. The van der Waals surface area contributed by atoms with Gasteiger partial charge in [0.05, 0.1) is 17.7 Å². The summed E-state index contributed by atoms with van der Waals surface area (Å²) in [6.45, 7) is 0.823. The van der Waals surface area contributed by atoms with E-state index in [4.69, 9.17) is 40.2 Å². The van der Waals surface area contributed by atoms with Gasteiger partial charge in [-0.05, 0) is 49.7 Å². The van der Waals surface area contributed by atoms with E-state index in [1.54, 1.807) is 6.07 Å². The molecule has 1 aromatic carbocycles. The minimum absolute atomic E-state index is 0.146. The zero-order chi connectivity index (χ0) is 38.8. The lowest BCUT2D eigenvalue weighted by Crippen LogP contribution is -2.38. The molecule has 0 radical (unpaired) electrons. The molecule has 1 aliphatic rings. The van der Waals surface area contributed by atoms with E-state index in [2.05, 4.69) is 0 Å². The van der Waals surface area contributed by atoms with Crippen LogP contribution in [0.25, 0.3) is 0 Å². The van der Waals surface area contributed by atoms with Crippen LogP contribution in [0.2, 0.25) is 0 Å². The third kappa shape index (κ3) is 14.8. The number of nitrogen functional groups attached to an aromatic ring is 1. The number of carboxylic acid groups (broad SMARTS) is 3. The Morgan fingerprint density at radius 2 is 1.54 bits per heavy atom. The number of carbonyl (C=O) groups excluding carboxylic acids is 2. The smallest absolute Gasteiger partial charge is 0.481 e. The van der Waals surface area contributed by atoms with Crippen molar-refractivity contribution in [1.82, 2.24) is 4.90 Å². The lowest BCUT2D eigenvalue weighted by Gasteiger charge is -2.23. The standard InChI is InChI=1S/C22H24FN3O8S2.2C2HF3O2/c23-15-8-12(20(24)25)3-5-18(15)34-22(30)19-6-4-14(35-19)10-26-7-1-2-16(26)17(27)9-13(21(28)29)11-36(31,32)33;2*3-2(4,5)1(6)7/h3-6,8,13,16H,1-2,7,9-11H2,(H3,24,25)(H,28,29)(H,31,32,33);2*(H,6,7)/t13-,16+;;/m0../s1. The number of esters is 1. The SMILES string of the molecule is N=C(N)c1ccc(OC(=O)c2ccc(CN3CCC[C@@H]3C(=O)C[C@@H](CS(=O)(=O)O)C(=O)O)s2)c(F)c1.O=C(O)C(F)(F)F.O=C(O)C(F)(F)F. The van der Waals surface area contributed by atoms with Crippen LogP contribution in [0.5, 0.6) is 5.75 Å². The number of ether oxygens (including phenoxy) is 1. The fraction of sp³-hybridized carbons (Fsp3) is 0.385. The van der Waals surface area contributed by atoms with Crippen molar-refractivity contribution in [1.29, 1.82) is 5.41 Å². The Hall–Kier alpha value is -4.68. The van der Waals surface area contributed by atoms with Crippen molar-refractivity contribution in [3.63, 3.8) is 0 Å². The Labute approximate surface area is 280 Å². The number of alkyl halides is 6. The molecule has 15 nitrogen and oxygen atoms in total. The third-order valence-electron chi connectivity index (χ3n) is 6.10. The Bertz CT molecular complexity index is 1670. The third-order valence-corrected chi connectivity index (χ3v) is 7.97. The molecule has 278 valence electrons. The summed E-state index contributed by atoms with van der Waals surface area (Å²) in [5.41, 5.74) is 5.46. The highest BCUT2D eigenvalue weighted by Crippen LogP contribution is 2.28. The molecular weight excluding hydrogens is 743 g/mol. The first-order valence-electron chi connectivity index (χ1n) is 13.2. The van der Waals surface area contributed by atoms with Gasteiger partial charge in [0, 0.05) is 23.4 Å². The first kappa shape index (κ1) is 43.3. The van der Waals surface area contributed by atoms with Crippen molar-refractivity contribution in [3.05, 3.63) is 51.5 Å². The number of aliphatic carboxylic acids is 3. The molecule has 2 atom stereocenters. The van der Waals surface area contributed by atoms with Crippen LogP contribution in [0.4, 0.5) is 30.7 Å². The zero-order valence-corrected chi connectivity index (χ0v) is 26.5. The van der Waals surface area contributed by atoms with E-state index in [0.717, 1.165) is 17.4 Å². The molecule has 0 bridgehead atoms. The van der Waals surface area contributed by atoms with Crippen molar-refractivity contribution in [2.75, 3.05) is 12.3 Å². The van der Waals surface area contributed by atoms with Gasteiger partial charge in [0.25, 0.3) is 10.1 Å². The van der Waals surface area contributed by atoms with Gasteiger partial charge in [-0.3, -0.25) is 24.5 Å². The van der Waals surface area contributed by atoms with Gasteiger partial charge < -0.3 is 25.8 Å². The Balaban J connectivity index is 0.000000748. The number of ketones is 1. The maximum atomic E-state index is 14.2. The highest BCUT2D eigenvalue weighted by Gasteiger charge is 2.39. The molecule has 50 heavy (non-hydrogen) atoms. The van der Waals surface area contributed by atoms with Crippen molar-refractivity contribution in [2.45, 2.75) is 44.2 Å². The van der Waals surface area contributed by atoms with Gasteiger partial charge >= 0.3 is 36.2 Å². The predicted molar refractivity (Wildman–Crippen MR) is 155 cm³/mol. The number of Topliss-reactive ketones (excluding diaryl/α,β-unsaturated/α-hetero) is 1. The molecule has 1 fully saturated rings. The molecular formula is C26H26F7N3O12S2. The topological polar surface area (TPSA) is 263 Å². The summed E-state index contributed by atoms with van der Waals surface area (Å²) in [4.78, 5) is 57.1. The van der Waals surface area contributed by atoms with Gasteiger partial charge in [0.15, 0.2) is 17.3 Å². The van der Waals surface area contributed by atoms with Crippen LogP contribution in [0, 0.1) is 17.1 Å². The second-order valence-corrected chi connectivity index (χ2v) is 12.6. The van der Waals surface area contributed by atoms with Crippen LogP contribution in [-0.4, -0.2) is 99.4 Å². The lowest BCUT2D eigenvalue weighted by atomic mass is 9.98. The van der Waals surface area contributed by atoms with E-state index in [0.29, 0.717) is 24.3 Å². The Morgan fingerprint density at radius 3 is 1.98 bits per heavy atom. The highest BCUT2D eigenvalue weighted by atomic mass is 32.2. The molecule has 1 aromatic heterocycles. The number of amidine groups is 1. The molecule has 0 amide bonds. The van der Waals surface area contributed by atoms with Crippen LogP contribution >= 0.6 is 11.3 Å². The number of hydrogen-bond acceptors (Lipinski definition) is 11. The van der Waals surface area contributed by atoms with E-state index in [1.165, 1.54) is 18.2 Å². The normalized spacial score (nSPS) is 15.4. The zero-order valence-electron chi connectivity index (χ0n) is 24.8. The number of halogens is 7. The highest BCUT2D eigenvalue weighted by molar-refractivity contribution is 7.85. The number of carbonyl (C=O) groups is 5. The summed E-state index contributed by atoms with van der Waals surface area (Å²) >= 11 is 1.09. The number of nitrogens with zero attached hydrogens (tertiary/aromatic N) is 1. The average Bonchev–Trinajstić information content (AvgIpc) is 3.62. The summed E-state index contributed by atoms with van der Waals surface area (Å²) in [7, 11) is -4.56. The molecule has 2 aromatic rings. The van der Waals surface area contributed by atoms with Crippen molar-refractivity contribution >= 4 is 57.0 Å². The number of likely N-dealkylation sites (tertiary alicyclic amines) is 1. The molecule has 0 spiro atoms. The average molecular weight is 770 g/mol. The summed E-state index contributed by atoms with van der Waals surface area (Å²) in [5.74, 6) is -12.3. The number of thiophene rings is 1. The van der Waals surface area contributed by atoms with Gasteiger partial charge in [-0.25, -0.2) is 18.8 Å². The Kier molecular flexibility index (Phi) is 15.4. The maximum absolute atomic E-state index is 14.2. The molecule has 0 saturated carbocycles. The molecule has 24 heteroatoms. The van der Waals surface area contributed by atoms with E-state index in [1.807, 2.05) is 4.90 Å². The molecule has 2 heterocycles. The second kappa shape index (κ2) is 17.8. The number of nitrogens with two attached hydrogens (primary N) is 1. The molecule has 0 aliphatic carbocycles. The van der Waals surface area contributed by atoms with Crippen LogP contribution in [0.15, 0.2) is 30.3 Å². The van der Waals surface area contributed by atoms with Crippen LogP contribution in [0.3, 0.4) is 0 Å². The molecule has 3 rings (SSSR count). The van der Waals surface area contributed by atoms with Gasteiger partial charge in [0.2, 0.25) is 0 Å². The number of nitrogens with one attached hydrogen (secondary N) is 1. The second-order valence-electron chi connectivity index (χ2n) is 9.90. The minimum Gasteiger partial charge on any atom is -0.481 e. The van der Waals surface area contributed by atoms with Gasteiger partial charge in [-0.2, -0.15) is 34.8 Å². The summed E-state index contributed by atoms with van der Waals surface area (Å²) in [6.07, 6.45) is -9.57. The monoisotopic (exact) mass is 769 g/mol. The van der Waals surface area contributed by atoms with Crippen LogP contribution in [0.1, 0.15) is 39.4 Å². The van der Waals surface area contributed by atoms with E-state index in [-0.39, 0.29) is 28.6 Å². The van der Waals surface area contributed by atoms with E-state index in [9.17, 15) is 58.6 Å². The number of rotatable bonds is 11. The Morgan fingerprint density at radius 1 is 1.00 bits per heavy atom.